The fraction of sp³-hybridized carbons (Fsp3) is 0.500. The minimum absolute atomic E-state index is 0.0901. The molecule has 0 radical (unpaired) electrons. The molecule has 2 heterocycles. The van der Waals surface area contributed by atoms with Gasteiger partial charge in [0, 0.05) is 0 Å². The molecule has 1 atom stereocenters. The largest absolute Gasteiger partial charge is 0.431 e. The number of hydrogen-bond acceptors (Lipinski definition) is 4. The quantitative estimate of drug-likeness (QED) is 0.830. The molecule has 1 aromatic rings. The van der Waals surface area contributed by atoms with Crippen molar-refractivity contribution in [2.24, 2.45) is 0 Å². The second-order valence-electron chi connectivity index (χ2n) is 5.47. The van der Waals surface area contributed by atoms with Crippen LogP contribution >= 0.6 is 0 Å². The van der Waals surface area contributed by atoms with Crippen LogP contribution in [-0.4, -0.2) is 36.4 Å². The highest BCUT2D eigenvalue weighted by Gasteiger charge is 2.40. The lowest BCUT2D eigenvalue weighted by atomic mass is 10.0. The number of rotatable bonds is 2. The Morgan fingerprint density at radius 2 is 2.00 bits per heavy atom. The van der Waals surface area contributed by atoms with Gasteiger partial charge in [0.05, 0.1) is 17.0 Å². The van der Waals surface area contributed by atoms with Crippen molar-refractivity contribution in [3.63, 3.8) is 0 Å². The lowest BCUT2D eigenvalue weighted by Crippen LogP contribution is -2.48. The number of halogens is 3. The summed E-state index contributed by atoms with van der Waals surface area (Å²) in [6.07, 6.45) is -4.54. The Labute approximate surface area is 123 Å². The average Bonchev–Trinajstić information content (AvgIpc) is 2.61. The minimum atomic E-state index is -4.72. The van der Waals surface area contributed by atoms with E-state index in [1.165, 1.54) is 6.92 Å². The van der Waals surface area contributed by atoms with E-state index in [0.717, 1.165) is 6.07 Å². The number of aromatic amines is 1. The maximum absolute atomic E-state index is 12.4. The smallest absolute Gasteiger partial charge is 0.346 e. The molecule has 2 N–H and O–H groups in total. The Morgan fingerprint density at radius 1 is 1.36 bits per heavy atom. The molecule has 1 aliphatic heterocycles. The van der Waals surface area contributed by atoms with E-state index in [9.17, 15) is 31.2 Å². The number of aromatic nitrogens is 1. The summed E-state index contributed by atoms with van der Waals surface area (Å²) in [4.78, 5) is 25.2. The van der Waals surface area contributed by atoms with Crippen LogP contribution in [0, 0.1) is 0 Å². The lowest BCUT2D eigenvalue weighted by molar-refractivity contribution is -0.141. The third kappa shape index (κ3) is 3.49. The van der Waals surface area contributed by atoms with Crippen molar-refractivity contribution >= 4 is 15.7 Å². The molecule has 0 aliphatic carbocycles. The number of pyridine rings is 1. The molecule has 1 aliphatic rings. The molecule has 0 aromatic carbocycles. The second-order valence-corrected chi connectivity index (χ2v) is 7.65. The fourth-order valence-electron chi connectivity index (χ4n) is 2.27. The first kappa shape index (κ1) is 16.5. The Kier molecular flexibility index (Phi) is 3.84. The summed E-state index contributed by atoms with van der Waals surface area (Å²) >= 11 is 0. The predicted octanol–water partition coefficient (Wildman–Crippen LogP) is 0.701. The number of nitrogens with one attached hydrogen (secondary N) is 2. The number of sulfone groups is 1. The first-order valence-corrected chi connectivity index (χ1v) is 8.08. The molecule has 22 heavy (non-hydrogen) atoms. The highest BCUT2D eigenvalue weighted by molar-refractivity contribution is 7.91. The van der Waals surface area contributed by atoms with E-state index in [0.29, 0.717) is 6.07 Å². The van der Waals surface area contributed by atoms with E-state index in [1.54, 1.807) is 4.98 Å². The van der Waals surface area contributed by atoms with Crippen molar-refractivity contribution in [1.29, 1.82) is 0 Å². The molecule has 0 spiro atoms. The van der Waals surface area contributed by atoms with Gasteiger partial charge in [-0.15, -0.1) is 0 Å². The van der Waals surface area contributed by atoms with Gasteiger partial charge < -0.3 is 10.3 Å². The van der Waals surface area contributed by atoms with Crippen LogP contribution in [0.3, 0.4) is 0 Å². The zero-order chi connectivity index (χ0) is 16.8. The van der Waals surface area contributed by atoms with Crippen LogP contribution in [0.2, 0.25) is 0 Å². The van der Waals surface area contributed by atoms with Crippen molar-refractivity contribution in [2.45, 2.75) is 25.1 Å². The molecule has 1 aromatic heterocycles. The van der Waals surface area contributed by atoms with Crippen LogP contribution < -0.4 is 10.9 Å². The van der Waals surface area contributed by atoms with Crippen LogP contribution in [0.25, 0.3) is 0 Å². The van der Waals surface area contributed by atoms with Gasteiger partial charge in [-0.2, -0.15) is 13.2 Å². The molecular weight excluding hydrogens is 325 g/mol. The van der Waals surface area contributed by atoms with Gasteiger partial charge >= 0.3 is 6.18 Å². The molecule has 0 bridgehead atoms. The summed E-state index contributed by atoms with van der Waals surface area (Å²) in [5.41, 5.74) is -3.98. The number of carbonyl (C=O) groups is 1. The summed E-state index contributed by atoms with van der Waals surface area (Å²) in [5, 5.41) is 2.41. The Morgan fingerprint density at radius 3 is 2.45 bits per heavy atom. The number of hydrogen-bond donors (Lipinski definition) is 2. The second kappa shape index (κ2) is 5.11. The summed E-state index contributed by atoms with van der Waals surface area (Å²) < 4.78 is 60.2. The van der Waals surface area contributed by atoms with Crippen molar-refractivity contribution in [1.82, 2.24) is 10.3 Å². The van der Waals surface area contributed by atoms with Crippen LogP contribution in [0.15, 0.2) is 16.9 Å². The maximum atomic E-state index is 12.4. The number of H-pyrrole nitrogens is 1. The zero-order valence-electron chi connectivity index (χ0n) is 11.5. The van der Waals surface area contributed by atoms with Gasteiger partial charge in [0.1, 0.15) is 11.3 Å². The van der Waals surface area contributed by atoms with Crippen molar-refractivity contribution < 1.29 is 26.4 Å². The third-order valence-corrected chi connectivity index (χ3v) is 5.28. The first-order chi connectivity index (χ1) is 9.92. The van der Waals surface area contributed by atoms with Crippen molar-refractivity contribution in [3.8, 4) is 0 Å². The molecule has 10 heteroatoms. The topological polar surface area (TPSA) is 96.1 Å². The van der Waals surface area contributed by atoms with Gasteiger partial charge in [0.2, 0.25) is 0 Å². The molecule has 122 valence electrons. The predicted molar refractivity (Wildman–Crippen MR) is 71.2 cm³/mol. The summed E-state index contributed by atoms with van der Waals surface area (Å²) in [7, 11) is -3.27. The van der Waals surface area contributed by atoms with E-state index in [-0.39, 0.29) is 17.9 Å². The molecule has 1 unspecified atom stereocenters. The number of amides is 1. The SMILES string of the molecule is CC1(NC(=O)c2ccc(C(F)(F)F)[nH]c2=O)CCS(=O)(=O)C1. The molecular formula is C12H13F3N2O4S. The summed E-state index contributed by atoms with van der Waals surface area (Å²) in [6, 6.07) is 1.35. The van der Waals surface area contributed by atoms with Gasteiger partial charge in [0.15, 0.2) is 9.84 Å². The Balaban J connectivity index is 2.23. The van der Waals surface area contributed by atoms with Gasteiger partial charge in [-0.05, 0) is 25.5 Å². The van der Waals surface area contributed by atoms with E-state index < -0.39 is 44.3 Å². The lowest BCUT2D eigenvalue weighted by Gasteiger charge is -2.23. The molecule has 1 amide bonds. The van der Waals surface area contributed by atoms with Gasteiger partial charge in [-0.3, -0.25) is 9.59 Å². The van der Waals surface area contributed by atoms with Gasteiger partial charge in [-0.1, -0.05) is 0 Å². The highest BCUT2D eigenvalue weighted by atomic mass is 32.2. The van der Waals surface area contributed by atoms with Crippen LogP contribution in [0.4, 0.5) is 13.2 Å². The normalized spacial score (nSPS) is 24.2. The molecule has 0 saturated carbocycles. The van der Waals surface area contributed by atoms with Crippen LogP contribution in [0.5, 0.6) is 0 Å². The average molecular weight is 338 g/mol. The standard InChI is InChI=1S/C12H13F3N2O4S/c1-11(4-5-22(20,21)6-11)17-10(19)7-2-3-8(12(13,14)15)16-9(7)18/h2-3H,4-6H2,1H3,(H,16,18)(H,17,19). The number of alkyl halides is 3. The van der Waals surface area contributed by atoms with Gasteiger partial charge in [0.25, 0.3) is 11.5 Å². The fourth-order valence-corrected chi connectivity index (χ4v) is 4.36. The zero-order valence-corrected chi connectivity index (χ0v) is 12.3. The molecule has 2 rings (SSSR count). The molecule has 6 nitrogen and oxygen atoms in total. The minimum Gasteiger partial charge on any atom is -0.346 e. The molecule has 1 saturated heterocycles. The maximum Gasteiger partial charge on any atom is 0.431 e. The summed E-state index contributed by atoms with van der Waals surface area (Å²) in [6.45, 7) is 1.51. The first-order valence-electron chi connectivity index (χ1n) is 6.25. The van der Waals surface area contributed by atoms with E-state index in [1.807, 2.05) is 0 Å². The van der Waals surface area contributed by atoms with Crippen LogP contribution in [-0.2, 0) is 16.0 Å². The highest BCUT2D eigenvalue weighted by Crippen LogP contribution is 2.27. The monoisotopic (exact) mass is 338 g/mol. The van der Waals surface area contributed by atoms with Crippen molar-refractivity contribution in [3.05, 3.63) is 33.7 Å². The molecule has 1 fully saturated rings. The third-order valence-electron chi connectivity index (χ3n) is 3.38. The summed E-state index contributed by atoms with van der Waals surface area (Å²) in [5.74, 6) is -1.27. The van der Waals surface area contributed by atoms with E-state index in [4.69, 9.17) is 0 Å². The van der Waals surface area contributed by atoms with Crippen molar-refractivity contribution in [2.75, 3.05) is 11.5 Å². The number of carbonyl (C=O) groups excluding carboxylic acids is 1. The van der Waals surface area contributed by atoms with E-state index in [2.05, 4.69) is 5.32 Å². The van der Waals surface area contributed by atoms with Crippen LogP contribution in [0.1, 0.15) is 29.4 Å². The Hall–Kier alpha value is -1.84. The van der Waals surface area contributed by atoms with Gasteiger partial charge in [-0.25, -0.2) is 8.42 Å². The van der Waals surface area contributed by atoms with E-state index >= 15 is 0 Å². The Bertz CT molecular complexity index is 769.